The molecule has 0 spiro atoms. The normalized spacial score (nSPS) is 20.4. The summed E-state index contributed by atoms with van der Waals surface area (Å²) in [6.07, 6.45) is -0.992. The van der Waals surface area contributed by atoms with Gasteiger partial charge >= 0.3 is 19.1 Å². The molecule has 2 aromatic rings. The second kappa shape index (κ2) is 13.5. The molecule has 5 atom stereocenters. The molecule has 1 aliphatic heterocycles. The number of aromatic nitrogens is 1. The van der Waals surface area contributed by atoms with Gasteiger partial charge in [0, 0.05) is 5.56 Å². The Kier molecular flexibility index (Phi) is 10.4. The highest BCUT2D eigenvalue weighted by Gasteiger charge is 2.45. The molecule has 214 valence electrons. The molecule has 11 nitrogen and oxygen atoms in total. The van der Waals surface area contributed by atoms with Gasteiger partial charge in [0.1, 0.15) is 23.8 Å². The Morgan fingerprint density at radius 2 is 1.57 bits per heavy atom. The predicted molar refractivity (Wildman–Crippen MR) is 149 cm³/mol. The summed E-state index contributed by atoms with van der Waals surface area (Å²) >= 11 is 0. The second-order valence-corrected chi connectivity index (χ2v) is 10.5. The average Bonchev–Trinajstić information content (AvgIpc) is 2.93. The van der Waals surface area contributed by atoms with E-state index in [1.54, 1.807) is 33.0 Å². The number of aliphatic hydroxyl groups excluding tert-OH is 1. The van der Waals surface area contributed by atoms with Gasteiger partial charge in [-0.05, 0) is 52.3 Å². The first-order valence-corrected chi connectivity index (χ1v) is 13.3. The first-order valence-electron chi connectivity index (χ1n) is 13.3. The molecule has 3 N–H and O–H groups in total. The molecule has 2 heterocycles. The lowest BCUT2D eigenvalue weighted by Crippen LogP contribution is -2.61. The van der Waals surface area contributed by atoms with Crippen LogP contribution >= 0.6 is 0 Å². The van der Waals surface area contributed by atoms with Crippen molar-refractivity contribution in [2.24, 2.45) is 5.92 Å². The highest BCUT2D eigenvalue weighted by Crippen LogP contribution is 2.18. The summed E-state index contributed by atoms with van der Waals surface area (Å²) in [6.45, 7) is 8.38. The van der Waals surface area contributed by atoms with Gasteiger partial charge in [-0.15, -0.1) is 0 Å². The van der Waals surface area contributed by atoms with E-state index in [9.17, 15) is 24.3 Å². The number of aliphatic hydroxyl groups is 1. The summed E-state index contributed by atoms with van der Waals surface area (Å²) in [7, 11) is 0.228. The number of nitrogens with zero attached hydrogens (tertiary/aromatic N) is 2. The fourth-order valence-electron chi connectivity index (χ4n) is 4.25. The van der Waals surface area contributed by atoms with Crippen LogP contribution in [0.25, 0.3) is 11.3 Å². The summed E-state index contributed by atoms with van der Waals surface area (Å²) < 4.78 is 11.0. The number of hydrogen-bond acceptors (Lipinski definition) is 9. The molecule has 1 aromatic heterocycles. The Labute approximate surface area is 234 Å². The van der Waals surface area contributed by atoms with Crippen LogP contribution in [-0.2, 0) is 23.7 Å². The molecule has 3 rings (SSSR count). The standard InChI is InChI=1S/C28H37BN4O7/c1-16(2)15-23(29-39-27(37)17(3)33(6)18(4)28(38)40-29)31-26(36)24(19(5)34)32-25(35)22-14-10-13-21(30-22)20-11-8-7-9-12-20/h7-14,16-19,23-24,34H,15H2,1-6H3,(H,31,36)(H,32,35)/t17-,18-,19-,23+,24+/m1/s1. The van der Waals surface area contributed by atoms with Crippen LogP contribution in [0.4, 0.5) is 0 Å². The van der Waals surface area contributed by atoms with Gasteiger partial charge in [-0.25, -0.2) is 4.98 Å². The zero-order valence-corrected chi connectivity index (χ0v) is 23.7. The quantitative estimate of drug-likeness (QED) is 0.395. The predicted octanol–water partition coefficient (Wildman–Crippen LogP) is 1.59. The molecule has 1 saturated heterocycles. The summed E-state index contributed by atoms with van der Waals surface area (Å²) in [5, 5.41) is 15.7. The van der Waals surface area contributed by atoms with E-state index in [4.69, 9.17) is 9.31 Å². The van der Waals surface area contributed by atoms with E-state index in [0.717, 1.165) is 5.56 Å². The van der Waals surface area contributed by atoms with Crippen molar-refractivity contribution in [1.82, 2.24) is 20.5 Å². The summed E-state index contributed by atoms with van der Waals surface area (Å²) in [5.74, 6) is -3.54. The zero-order chi connectivity index (χ0) is 29.6. The lowest BCUT2D eigenvalue weighted by molar-refractivity contribution is -0.153. The van der Waals surface area contributed by atoms with Crippen LogP contribution in [0.2, 0.25) is 0 Å². The molecule has 0 bridgehead atoms. The largest absolute Gasteiger partial charge is 0.622 e. The van der Waals surface area contributed by atoms with Crippen molar-refractivity contribution in [3.05, 3.63) is 54.2 Å². The minimum absolute atomic E-state index is 0.00943. The summed E-state index contributed by atoms with van der Waals surface area (Å²) in [4.78, 5) is 57.8. The van der Waals surface area contributed by atoms with Crippen molar-refractivity contribution < 1.29 is 33.6 Å². The van der Waals surface area contributed by atoms with E-state index >= 15 is 0 Å². The number of amides is 2. The molecule has 1 aromatic carbocycles. The van der Waals surface area contributed by atoms with Crippen LogP contribution in [0.3, 0.4) is 0 Å². The first kappa shape index (κ1) is 30.8. The molecule has 1 fully saturated rings. The van der Waals surface area contributed by atoms with Gasteiger partial charge in [0.15, 0.2) is 0 Å². The van der Waals surface area contributed by atoms with Gasteiger partial charge in [0.25, 0.3) is 5.91 Å². The third-order valence-electron chi connectivity index (χ3n) is 6.85. The number of carbonyl (C=O) groups excluding carboxylic acids is 4. The number of benzene rings is 1. The van der Waals surface area contributed by atoms with E-state index in [-0.39, 0.29) is 18.0 Å². The van der Waals surface area contributed by atoms with Crippen molar-refractivity contribution >= 4 is 30.9 Å². The lowest BCUT2D eigenvalue weighted by Gasteiger charge is -2.35. The number of hydrogen-bond donors (Lipinski definition) is 3. The number of pyridine rings is 1. The molecule has 0 unspecified atom stereocenters. The zero-order valence-electron chi connectivity index (χ0n) is 23.7. The van der Waals surface area contributed by atoms with Crippen LogP contribution in [0.1, 0.15) is 51.5 Å². The van der Waals surface area contributed by atoms with Gasteiger partial charge in [-0.3, -0.25) is 24.1 Å². The first-order chi connectivity index (χ1) is 18.9. The van der Waals surface area contributed by atoms with Crippen molar-refractivity contribution in [2.75, 3.05) is 7.05 Å². The van der Waals surface area contributed by atoms with Crippen LogP contribution in [0, 0.1) is 5.92 Å². The number of rotatable bonds is 9. The molecular formula is C28H37BN4O7. The topological polar surface area (TPSA) is 147 Å². The van der Waals surface area contributed by atoms with E-state index in [0.29, 0.717) is 5.69 Å². The average molecular weight is 552 g/mol. The molecule has 0 radical (unpaired) electrons. The van der Waals surface area contributed by atoms with Crippen LogP contribution in [-0.4, -0.2) is 83.1 Å². The van der Waals surface area contributed by atoms with Crippen LogP contribution in [0.5, 0.6) is 0 Å². The van der Waals surface area contributed by atoms with Gasteiger partial charge in [0.2, 0.25) is 5.91 Å². The van der Waals surface area contributed by atoms with E-state index < -0.39 is 61.0 Å². The van der Waals surface area contributed by atoms with E-state index in [1.165, 1.54) is 17.9 Å². The third kappa shape index (κ3) is 7.67. The Bertz CT molecular complexity index is 1190. The number of likely N-dealkylation sites (N-methyl/N-ethyl adjacent to an activating group) is 1. The fraction of sp³-hybridized carbons (Fsp3) is 0.464. The van der Waals surface area contributed by atoms with Crippen molar-refractivity contribution in [3.63, 3.8) is 0 Å². The Hall–Kier alpha value is -3.77. The Morgan fingerprint density at radius 3 is 2.12 bits per heavy atom. The van der Waals surface area contributed by atoms with Crippen LogP contribution < -0.4 is 10.6 Å². The molecule has 0 saturated carbocycles. The Balaban J connectivity index is 1.80. The Morgan fingerprint density at radius 1 is 0.975 bits per heavy atom. The maximum atomic E-state index is 13.4. The maximum absolute atomic E-state index is 13.4. The maximum Gasteiger partial charge on any atom is 0.622 e. The van der Waals surface area contributed by atoms with Gasteiger partial charge in [-0.2, -0.15) is 0 Å². The minimum atomic E-state index is -1.39. The van der Waals surface area contributed by atoms with Crippen LogP contribution in [0.15, 0.2) is 48.5 Å². The minimum Gasteiger partial charge on any atom is -0.497 e. The highest BCUT2D eigenvalue weighted by molar-refractivity contribution is 6.51. The number of carbonyl (C=O) groups is 4. The number of nitrogens with one attached hydrogen (secondary N) is 2. The SMILES string of the molecule is CC(C)C[C@H](NC(=O)[C@@H](NC(=O)c1cccc(-c2ccccc2)n1)[C@@H](C)O)B1OC(=O)[C@@H](C)N(C)[C@H](C)C(=O)O1. The molecule has 12 heteroatoms. The third-order valence-corrected chi connectivity index (χ3v) is 6.85. The van der Waals surface area contributed by atoms with E-state index in [2.05, 4.69) is 15.6 Å². The van der Waals surface area contributed by atoms with E-state index in [1.807, 2.05) is 44.2 Å². The summed E-state index contributed by atoms with van der Waals surface area (Å²) in [6, 6.07) is 11.4. The van der Waals surface area contributed by atoms with Gasteiger partial charge < -0.3 is 25.0 Å². The molecule has 1 aliphatic rings. The molecule has 40 heavy (non-hydrogen) atoms. The fourth-order valence-corrected chi connectivity index (χ4v) is 4.25. The lowest BCUT2D eigenvalue weighted by atomic mass is 9.73. The highest BCUT2D eigenvalue weighted by atomic mass is 16.6. The molecule has 0 aliphatic carbocycles. The smallest absolute Gasteiger partial charge is 0.497 e. The molecule has 2 amide bonds. The second-order valence-electron chi connectivity index (χ2n) is 10.5. The van der Waals surface area contributed by atoms with Gasteiger partial charge in [0.05, 0.1) is 17.7 Å². The van der Waals surface area contributed by atoms with Gasteiger partial charge in [-0.1, -0.05) is 50.2 Å². The van der Waals surface area contributed by atoms with Crippen molar-refractivity contribution in [1.29, 1.82) is 0 Å². The van der Waals surface area contributed by atoms with Crippen molar-refractivity contribution in [3.8, 4) is 11.3 Å². The summed E-state index contributed by atoms with van der Waals surface area (Å²) in [5.41, 5.74) is 1.45. The molecular weight excluding hydrogens is 515 g/mol. The van der Waals surface area contributed by atoms with Crippen molar-refractivity contribution in [2.45, 2.75) is 71.2 Å². The monoisotopic (exact) mass is 552 g/mol.